The van der Waals surface area contributed by atoms with E-state index in [2.05, 4.69) is 17.9 Å². The quantitative estimate of drug-likeness (QED) is 0.709. The summed E-state index contributed by atoms with van der Waals surface area (Å²) >= 11 is 5.99. The van der Waals surface area contributed by atoms with Gasteiger partial charge >= 0.3 is 5.69 Å². The fourth-order valence-corrected chi connectivity index (χ4v) is 4.70. The number of nitrogens with zero attached hydrogens (tertiary/aromatic N) is 3. The van der Waals surface area contributed by atoms with E-state index >= 15 is 0 Å². The van der Waals surface area contributed by atoms with E-state index in [1.54, 1.807) is 29.3 Å². The van der Waals surface area contributed by atoms with Crippen molar-refractivity contribution in [3.05, 3.63) is 68.8 Å². The van der Waals surface area contributed by atoms with Gasteiger partial charge in [-0.2, -0.15) is 0 Å². The van der Waals surface area contributed by atoms with Crippen LogP contribution in [0.2, 0.25) is 5.02 Å². The topological polar surface area (TPSA) is 50.4 Å². The molecule has 0 amide bonds. The molecule has 0 aliphatic carbocycles. The van der Waals surface area contributed by atoms with Gasteiger partial charge in [0.15, 0.2) is 0 Å². The highest BCUT2D eigenvalue weighted by molar-refractivity contribution is 6.30. The lowest BCUT2D eigenvalue weighted by Crippen LogP contribution is -2.47. The number of rotatable bonds is 3. The summed E-state index contributed by atoms with van der Waals surface area (Å²) in [6.45, 7) is 3.47. The van der Waals surface area contributed by atoms with Gasteiger partial charge in [-0.1, -0.05) is 17.7 Å². The second-order valence-corrected chi connectivity index (χ2v) is 8.62. The predicted molar refractivity (Wildman–Crippen MR) is 113 cm³/mol. The van der Waals surface area contributed by atoms with Crippen LogP contribution in [-0.4, -0.2) is 31.7 Å². The van der Waals surface area contributed by atoms with E-state index in [9.17, 15) is 14.3 Å². The molecule has 1 N–H and O–H groups in total. The molecule has 5 nitrogen and oxygen atoms in total. The van der Waals surface area contributed by atoms with Gasteiger partial charge in [0.25, 0.3) is 0 Å². The molecular formula is C22H25ClFN3O2. The molecule has 0 unspecified atom stereocenters. The molecule has 0 radical (unpaired) electrons. The van der Waals surface area contributed by atoms with E-state index in [1.807, 2.05) is 12.1 Å². The molecule has 0 saturated carbocycles. The number of aliphatic hydroxyl groups is 1. The maximum atomic E-state index is 13.8. The molecule has 1 aliphatic heterocycles. The summed E-state index contributed by atoms with van der Waals surface area (Å²) in [5.74, 6) is -0.433. The highest BCUT2D eigenvalue weighted by atomic mass is 35.5. The van der Waals surface area contributed by atoms with Crippen LogP contribution in [-0.2, 0) is 26.2 Å². The van der Waals surface area contributed by atoms with Crippen molar-refractivity contribution in [1.29, 1.82) is 0 Å². The van der Waals surface area contributed by atoms with Gasteiger partial charge in [0, 0.05) is 38.2 Å². The first kappa shape index (κ1) is 20.1. The molecule has 2 heterocycles. The number of halogens is 2. The average molecular weight is 418 g/mol. The largest absolute Gasteiger partial charge is 0.385 e. The maximum Gasteiger partial charge on any atom is 0.328 e. The zero-order valence-electron chi connectivity index (χ0n) is 16.8. The molecule has 2 atom stereocenters. The Morgan fingerprint density at radius 3 is 2.59 bits per heavy atom. The standard InChI is InChI=1S/C22H25ClFN3O2/c1-14-12-22(29,16-9-17(23)11-18(24)10-16)6-7-27(14)13-15-4-5-19-20(8-15)26(3)21(28)25(19)2/h4-5,8-11,14,29H,6-7,12-13H2,1-3H3/t14-,22+/m0/s1. The lowest BCUT2D eigenvalue weighted by atomic mass is 9.81. The van der Waals surface area contributed by atoms with Gasteiger partial charge in [0.1, 0.15) is 5.82 Å². The summed E-state index contributed by atoms with van der Waals surface area (Å²) in [5, 5.41) is 11.5. The lowest BCUT2D eigenvalue weighted by molar-refractivity contribution is -0.0504. The minimum Gasteiger partial charge on any atom is -0.385 e. The van der Waals surface area contributed by atoms with Crippen molar-refractivity contribution in [1.82, 2.24) is 14.0 Å². The lowest BCUT2D eigenvalue weighted by Gasteiger charge is -2.43. The fraction of sp³-hybridized carbons (Fsp3) is 0.409. The summed E-state index contributed by atoms with van der Waals surface area (Å²) in [5.41, 5.74) is 2.34. The van der Waals surface area contributed by atoms with Crippen molar-refractivity contribution in [2.24, 2.45) is 14.1 Å². The molecule has 1 saturated heterocycles. The number of likely N-dealkylation sites (tertiary alicyclic amines) is 1. The van der Waals surface area contributed by atoms with Crippen LogP contribution in [0.1, 0.15) is 30.9 Å². The first-order valence-electron chi connectivity index (χ1n) is 9.75. The van der Waals surface area contributed by atoms with Crippen molar-refractivity contribution in [3.8, 4) is 0 Å². The first-order chi connectivity index (χ1) is 13.7. The van der Waals surface area contributed by atoms with Gasteiger partial charge in [0.05, 0.1) is 16.6 Å². The highest BCUT2D eigenvalue weighted by Crippen LogP contribution is 2.37. The van der Waals surface area contributed by atoms with Crippen LogP contribution in [0.25, 0.3) is 11.0 Å². The molecule has 7 heteroatoms. The van der Waals surface area contributed by atoms with Gasteiger partial charge in [0.2, 0.25) is 0 Å². The Labute approximate surface area is 173 Å². The number of aryl methyl sites for hydroxylation is 2. The van der Waals surface area contributed by atoms with E-state index < -0.39 is 11.4 Å². The molecular weight excluding hydrogens is 393 g/mol. The molecule has 154 valence electrons. The average Bonchev–Trinajstić information content (AvgIpc) is 2.87. The summed E-state index contributed by atoms with van der Waals surface area (Å²) in [6.07, 6.45) is 1.00. The number of hydrogen-bond donors (Lipinski definition) is 1. The zero-order chi connectivity index (χ0) is 20.9. The van der Waals surface area contributed by atoms with Crippen LogP contribution in [0, 0.1) is 5.82 Å². The van der Waals surface area contributed by atoms with E-state index in [0.717, 1.165) is 23.1 Å². The molecule has 1 aromatic heterocycles. The number of imidazole rings is 1. The van der Waals surface area contributed by atoms with Crippen LogP contribution in [0.15, 0.2) is 41.2 Å². The zero-order valence-corrected chi connectivity index (χ0v) is 17.6. The third kappa shape index (κ3) is 3.61. The SMILES string of the molecule is C[C@H]1C[C@@](O)(c2cc(F)cc(Cl)c2)CCN1Cc1ccc2c(c1)n(C)c(=O)n2C. The summed E-state index contributed by atoms with van der Waals surface area (Å²) < 4.78 is 17.1. The van der Waals surface area contributed by atoms with E-state index in [-0.39, 0.29) is 11.7 Å². The van der Waals surface area contributed by atoms with Crippen LogP contribution in [0.3, 0.4) is 0 Å². The van der Waals surface area contributed by atoms with Crippen molar-refractivity contribution in [2.45, 2.75) is 38.0 Å². The molecule has 2 aromatic carbocycles. The Morgan fingerprint density at radius 1 is 1.17 bits per heavy atom. The van der Waals surface area contributed by atoms with E-state index in [4.69, 9.17) is 11.6 Å². The Balaban J connectivity index is 1.54. The number of fused-ring (bicyclic) bond motifs is 1. The second-order valence-electron chi connectivity index (χ2n) is 8.19. The van der Waals surface area contributed by atoms with Crippen molar-refractivity contribution < 1.29 is 9.50 Å². The number of benzene rings is 2. The normalized spacial score (nSPS) is 23.0. The summed E-state index contributed by atoms with van der Waals surface area (Å²) in [4.78, 5) is 14.5. The molecule has 29 heavy (non-hydrogen) atoms. The van der Waals surface area contributed by atoms with Gasteiger partial charge < -0.3 is 5.11 Å². The molecule has 4 rings (SSSR count). The number of aromatic nitrogens is 2. The fourth-order valence-electron chi connectivity index (χ4n) is 4.47. The van der Waals surface area contributed by atoms with Gasteiger partial charge in [-0.15, -0.1) is 0 Å². The monoisotopic (exact) mass is 417 g/mol. The summed E-state index contributed by atoms with van der Waals surface area (Å²) in [6, 6.07) is 10.4. The van der Waals surface area contributed by atoms with Crippen LogP contribution >= 0.6 is 11.6 Å². The summed E-state index contributed by atoms with van der Waals surface area (Å²) in [7, 11) is 3.55. The van der Waals surface area contributed by atoms with Crippen LogP contribution in [0.4, 0.5) is 4.39 Å². The van der Waals surface area contributed by atoms with Crippen molar-refractivity contribution in [2.75, 3.05) is 6.54 Å². The van der Waals surface area contributed by atoms with Crippen LogP contribution < -0.4 is 5.69 Å². The Morgan fingerprint density at radius 2 is 1.90 bits per heavy atom. The van der Waals surface area contributed by atoms with Crippen LogP contribution in [0.5, 0.6) is 0 Å². The maximum absolute atomic E-state index is 13.8. The molecule has 0 spiro atoms. The van der Waals surface area contributed by atoms with E-state index in [0.29, 0.717) is 30.0 Å². The minimum atomic E-state index is -1.09. The molecule has 0 bridgehead atoms. The number of piperidine rings is 1. The van der Waals surface area contributed by atoms with E-state index in [1.165, 1.54) is 12.1 Å². The van der Waals surface area contributed by atoms with Gasteiger partial charge in [-0.25, -0.2) is 9.18 Å². The third-order valence-corrected chi connectivity index (χ3v) is 6.41. The Hall–Kier alpha value is -2.15. The Bertz CT molecular complexity index is 1120. The first-order valence-corrected chi connectivity index (χ1v) is 10.1. The number of hydrogen-bond acceptors (Lipinski definition) is 3. The smallest absolute Gasteiger partial charge is 0.328 e. The van der Waals surface area contributed by atoms with Gasteiger partial charge in [-0.3, -0.25) is 14.0 Å². The molecule has 1 aliphatic rings. The minimum absolute atomic E-state index is 0.0395. The van der Waals surface area contributed by atoms with Crippen molar-refractivity contribution >= 4 is 22.6 Å². The molecule has 1 fully saturated rings. The Kier molecular flexibility index (Phi) is 5.05. The molecule has 3 aromatic rings. The predicted octanol–water partition coefficient (Wildman–Crippen LogP) is 3.54. The van der Waals surface area contributed by atoms with Gasteiger partial charge in [-0.05, 0) is 61.2 Å². The van der Waals surface area contributed by atoms with Crippen molar-refractivity contribution in [3.63, 3.8) is 0 Å². The third-order valence-electron chi connectivity index (χ3n) is 6.19. The highest BCUT2D eigenvalue weighted by Gasteiger charge is 2.38. The second kappa shape index (κ2) is 7.27.